The Labute approximate surface area is 89.1 Å². The van der Waals surface area contributed by atoms with E-state index in [1.165, 1.54) is 0 Å². The van der Waals surface area contributed by atoms with Crippen LogP contribution in [0.4, 0.5) is 0 Å². The minimum atomic E-state index is -0.864. The first-order valence-electron chi connectivity index (χ1n) is 4.91. The molecule has 0 saturated carbocycles. The zero-order valence-corrected chi connectivity index (χ0v) is 9.53. The molecule has 1 aromatic heterocycles. The maximum Gasteiger partial charge on any atom is 0.328 e. The van der Waals surface area contributed by atoms with Gasteiger partial charge in [0.2, 0.25) is 0 Å². The van der Waals surface area contributed by atoms with Crippen LogP contribution in [0.3, 0.4) is 0 Å². The number of carboxylic acid groups (broad SMARTS) is 1. The molecule has 1 unspecified atom stereocenters. The second-order valence-corrected chi connectivity index (χ2v) is 3.64. The van der Waals surface area contributed by atoms with Crippen molar-refractivity contribution in [3.05, 3.63) is 17.0 Å². The fourth-order valence-corrected chi connectivity index (χ4v) is 1.61. The molecule has 0 aliphatic heterocycles. The summed E-state index contributed by atoms with van der Waals surface area (Å²) in [7, 11) is 1.86. The lowest BCUT2D eigenvalue weighted by molar-refractivity contribution is -0.140. The van der Waals surface area contributed by atoms with Crippen LogP contribution in [0.25, 0.3) is 0 Å². The van der Waals surface area contributed by atoms with E-state index in [1.54, 1.807) is 11.6 Å². The predicted octanol–water partition coefficient (Wildman–Crippen LogP) is 0.865. The highest BCUT2D eigenvalue weighted by Crippen LogP contribution is 2.17. The van der Waals surface area contributed by atoms with Crippen molar-refractivity contribution >= 4 is 5.97 Å². The average molecular weight is 211 g/mol. The van der Waals surface area contributed by atoms with Gasteiger partial charge in [0.1, 0.15) is 6.04 Å². The van der Waals surface area contributed by atoms with Crippen LogP contribution in [0.2, 0.25) is 0 Å². The van der Waals surface area contributed by atoms with Gasteiger partial charge in [-0.25, -0.2) is 4.79 Å². The molecule has 0 bridgehead atoms. The summed E-state index contributed by atoms with van der Waals surface area (Å²) < 4.78 is 1.56. The minimum Gasteiger partial charge on any atom is -0.480 e. The van der Waals surface area contributed by atoms with Gasteiger partial charge in [0.15, 0.2) is 0 Å². The van der Waals surface area contributed by atoms with Crippen LogP contribution in [-0.4, -0.2) is 27.9 Å². The Morgan fingerprint density at radius 2 is 2.20 bits per heavy atom. The minimum absolute atomic E-state index is 0.616. The molecule has 2 N–H and O–H groups in total. The van der Waals surface area contributed by atoms with Crippen LogP contribution in [0.5, 0.6) is 0 Å². The van der Waals surface area contributed by atoms with Gasteiger partial charge in [-0.15, -0.1) is 0 Å². The highest BCUT2D eigenvalue weighted by atomic mass is 16.4. The van der Waals surface area contributed by atoms with Crippen molar-refractivity contribution in [3.8, 4) is 0 Å². The molecule has 1 atom stereocenters. The largest absolute Gasteiger partial charge is 0.480 e. The second kappa shape index (κ2) is 4.44. The van der Waals surface area contributed by atoms with Gasteiger partial charge in [0.05, 0.1) is 5.69 Å². The van der Waals surface area contributed by atoms with Crippen LogP contribution in [0.15, 0.2) is 0 Å². The van der Waals surface area contributed by atoms with Crippen molar-refractivity contribution in [2.24, 2.45) is 0 Å². The molecule has 15 heavy (non-hydrogen) atoms. The van der Waals surface area contributed by atoms with Gasteiger partial charge in [-0.1, -0.05) is 0 Å². The summed E-state index contributed by atoms with van der Waals surface area (Å²) in [5.74, 6) is -0.864. The lowest BCUT2D eigenvalue weighted by Crippen LogP contribution is -2.18. The van der Waals surface area contributed by atoms with Gasteiger partial charge < -0.3 is 10.4 Å². The third-order valence-electron chi connectivity index (χ3n) is 2.55. The maximum absolute atomic E-state index is 10.9. The fourth-order valence-electron chi connectivity index (χ4n) is 1.61. The molecule has 84 valence electrons. The number of rotatable bonds is 4. The van der Waals surface area contributed by atoms with Crippen LogP contribution in [0.1, 0.15) is 29.9 Å². The molecule has 0 aliphatic carbocycles. The number of aliphatic carboxylic acids is 1. The lowest BCUT2D eigenvalue weighted by atomic mass is 10.2. The number of carboxylic acids is 1. The van der Waals surface area contributed by atoms with E-state index in [0.29, 0.717) is 6.54 Å². The molecular weight excluding hydrogens is 194 g/mol. The van der Waals surface area contributed by atoms with Crippen LogP contribution in [-0.2, 0) is 11.3 Å². The van der Waals surface area contributed by atoms with Crippen molar-refractivity contribution in [1.29, 1.82) is 0 Å². The highest BCUT2D eigenvalue weighted by Gasteiger charge is 2.19. The van der Waals surface area contributed by atoms with E-state index in [0.717, 1.165) is 17.0 Å². The van der Waals surface area contributed by atoms with Crippen LogP contribution >= 0.6 is 0 Å². The van der Waals surface area contributed by atoms with E-state index in [1.807, 2.05) is 20.9 Å². The molecule has 5 heteroatoms. The Morgan fingerprint density at radius 3 is 2.67 bits per heavy atom. The van der Waals surface area contributed by atoms with E-state index >= 15 is 0 Å². The van der Waals surface area contributed by atoms with Crippen molar-refractivity contribution < 1.29 is 9.90 Å². The van der Waals surface area contributed by atoms with Gasteiger partial charge >= 0.3 is 5.97 Å². The summed E-state index contributed by atoms with van der Waals surface area (Å²) in [6, 6.07) is -0.616. The standard InChI is InChI=1S/C10H17N3O2/c1-6-9(5-11-4)7(2)13(12-6)8(3)10(14)15/h8,11H,5H2,1-4H3,(H,14,15). The summed E-state index contributed by atoms with van der Waals surface area (Å²) in [6.07, 6.45) is 0. The van der Waals surface area contributed by atoms with E-state index < -0.39 is 12.0 Å². The molecule has 0 amide bonds. The first-order valence-corrected chi connectivity index (χ1v) is 4.91. The molecule has 0 radical (unpaired) electrons. The molecular formula is C10H17N3O2. The smallest absolute Gasteiger partial charge is 0.328 e. The van der Waals surface area contributed by atoms with Crippen molar-refractivity contribution in [1.82, 2.24) is 15.1 Å². The Kier molecular flexibility index (Phi) is 3.47. The summed E-state index contributed by atoms with van der Waals surface area (Å²) in [5.41, 5.74) is 2.87. The number of nitrogens with zero attached hydrogens (tertiary/aromatic N) is 2. The van der Waals surface area contributed by atoms with E-state index in [-0.39, 0.29) is 0 Å². The molecule has 0 aromatic carbocycles. The summed E-state index contributed by atoms with van der Waals surface area (Å²) in [5, 5.41) is 16.2. The van der Waals surface area contributed by atoms with Gasteiger partial charge in [-0.05, 0) is 27.8 Å². The van der Waals surface area contributed by atoms with E-state index in [4.69, 9.17) is 5.11 Å². The number of carbonyl (C=O) groups is 1. The number of hydrogen-bond acceptors (Lipinski definition) is 3. The van der Waals surface area contributed by atoms with Crippen molar-refractivity contribution in [2.75, 3.05) is 7.05 Å². The second-order valence-electron chi connectivity index (χ2n) is 3.64. The normalized spacial score (nSPS) is 12.8. The van der Waals surface area contributed by atoms with Crippen molar-refractivity contribution in [3.63, 3.8) is 0 Å². The number of aromatic nitrogens is 2. The van der Waals surface area contributed by atoms with E-state index in [9.17, 15) is 4.79 Å². The first-order chi connectivity index (χ1) is 6.99. The number of hydrogen-bond donors (Lipinski definition) is 2. The Morgan fingerprint density at radius 1 is 1.60 bits per heavy atom. The first kappa shape index (κ1) is 11.7. The van der Waals surface area contributed by atoms with Gasteiger partial charge in [0.25, 0.3) is 0 Å². The van der Waals surface area contributed by atoms with Crippen LogP contribution < -0.4 is 5.32 Å². The fraction of sp³-hybridized carbons (Fsp3) is 0.600. The van der Waals surface area contributed by atoms with Crippen molar-refractivity contribution in [2.45, 2.75) is 33.4 Å². The SMILES string of the molecule is CNCc1c(C)nn(C(C)C(=O)O)c1C. The lowest BCUT2D eigenvalue weighted by Gasteiger charge is -2.09. The topological polar surface area (TPSA) is 67.2 Å². The van der Waals surface area contributed by atoms with Gasteiger partial charge in [0, 0.05) is 17.8 Å². The van der Waals surface area contributed by atoms with Crippen LogP contribution in [0, 0.1) is 13.8 Å². The Hall–Kier alpha value is -1.36. The molecule has 1 aromatic rings. The highest BCUT2D eigenvalue weighted by molar-refractivity contribution is 5.71. The molecule has 1 heterocycles. The average Bonchev–Trinajstić information content (AvgIpc) is 2.45. The molecule has 0 fully saturated rings. The third-order valence-corrected chi connectivity index (χ3v) is 2.55. The van der Waals surface area contributed by atoms with Gasteiger partial charge in [-0.3, -0.25) is 4.68 Å². The summed E-state index contributed by atoms with van der Waals surface area (Å²) >= 11 is 0. The van der Waals surface area contributed by atoms with E-state index in [2.05, 4.69) is 10.4 Å². The quantitative estimate of drug-likeness (QED) is 0.775. The zero-order chi connectivity index (χ0) is 11.6. The summed E-state index contributed by atoms with van der Waals surface area (Å²) in [4.78, 5) is 10.9. The molecule has 1 rings (SSSR count). The zero-order valence-electron chi connectivity index (χ0n) is 9.53. The molecule has 0 saturated heterocycles. The number of nitrogens with one attached hydrogen (secondary N) is 1. The monoisotopic (exact) mass is 211 g/mol. The molecule has 0 spiro atoms. The predicted molar refractivity (Wildman–Crippen MR) is 56.8 cm³/mol. The number of aryl methyl sites for hydroxylation is 1. The maximum atomic E-state index is 10.9. The third kappa shape index (κ3) is 2.18. The van der Waals surface area contributed by atoms with Gasteiger partial charge in [-0.2, -0.15) is 5.10 Å². The summed E-state index contributed by atoms with van der Waals surface area (Å²) in [6.45, 7) is 6.13. The molecule has 0 aliphatic rings. The Bertz CT molecular complexity index is 371. The Balaban J connectivity index is 3.11. The molecule has 5 nitrogen and oxygen atoms in total.